The molecule has 0 saturated carbocycles. The minimum absolute atomic E-state index is 0.324. The molecule has 2 aromatic carbocycles. The number of alkyl halides is 1. The van der Waals surface area contributed by atoms with E-state index in [2.05, 4.69) is 31.9 Å². The number of ether oxygens (including phenoxy) is 1. The van der Waals surface area contributed by atoms with Crippen LogP contribution in [0.15, 0.2) is 40.9 Å². The van der Waals surface area contributed by atoms with Gasteiger partial charge in [0.05, 0.1) is 4.47 Å². The lowest BCUT2D eigenvalue weighted by molar-refractivity contribution is 0.480. The predicted molar refractivity (Wildman–Crippen MR) is 78.3 cm³/mol. The third-order valence-electron chi connectivity index (χ3n) is 2.30. The van der Waals surface area contributed by atoms with Crippen LogP contribution in [0.2, 0.25) is 5.02 Å². The average Bonchev–Trinajstić information content (AvgIpc) is 2.34. The van der Waals surface area contributed by atoms with E-state index >= 15 is 0 Å². The summed E-state index contributed by atoms with van der Waals surface area (Å²) in [6.45, 7) is 0. The number of halogens is 4. The van der Waals surface area contributed by atoms with E-state index in [4.69, 9.17) is 16.3 Å². The second kappa shape index (κ2) is 6.04. The molecule has 0 saturated heterocycles. The van der Waals surface area contributed by atoms with Crippen molar-refractivity contribution in [1.29, 1.82) is 0 Å². The molecule has 0 aromatic heterocycles. The van der Waals surface area contributed by atoms with E-state index in [1.165, 1.54) is 6.07 Å². The summed E-state index contributed by atoms with van der Waals surface area (Å²) in [5.41, 5.74) is 0.990. The highest BCUT2D eigenvalue weighted by Gasteiger charge is 2.05. The molecule has 18 heavy (non-hydrogen) atoms. The van der Waals surface area contributed by atoms with Crippen molar-refractivity contribution >= 4 is 43.5 Å². The van der Waals surface area contributed by atoms with Crippen molar-refractivity contribution in [2.45, 2.75) is 5.33 Å². The van der Waals surface area contributed by atoms with E-state index < -0.39 is 0 Å². The Labute approximate surface area is 126 Å². The van der Waals surface area contributed by atoms with E-state index in [0.717, 1.165) is 5.56 Å². The summed E-state index contributed by atoms with van der Waals surface area (Å²) in [6.07, 6.45) is 0. The molecule has 0 N–H and O–H groups in total. The summed E-state index contributed by atoms with van der Waals surface area (Å²) in [7, 11) is 0. The molecule has 0 fully saturated rings. The fourth-order valence-electron chi connectivity index (χ4n) is 1.38. The maximum absolute atomic E-state index is 13.1. The summed E-state index contributed by atoms with van der Waals surface area (Å²) < 4.78 is 19.0. The molecular weight excluding hydrogens is 386 g/mol. The molecule has 0 atom stereocenters. The number of hydrogen-bond donors (Lipinski definition) is 0. The Morgan fingerprint density at radius 2 is 1.78 bits per heavy atom. The molecule has 2 aromatic rings. The topological polar surface area (TPSA) is 9.23 Å². The Morgan fingerprint density at radius 1 is 1.11 bits per heavy atom. The van der Waals surface area contributed by atoms with Gasteiger partial charge in [0.1, 0.15) is 17.3 Å². The Morgan fingerprint density at radius 3 is 2.39 bits per heavy atom. The molecular formula is C13H8Br2ClFO. The van der Waals surface area contributed by atoms with Crippen LogP contribution < -0.4 is 4.74 Å². The van der Waals surface area contributed by atoms with Crippen LogP contribution in [0, 0.1) is 5.82 Å². The molecule has 5 heteroatoms. The summed E-state index contributed by atoms with van der Waals surface area (Å²) in [6, 6.07) is 9.90. The second-order valence-corrected chi connectivity index (χ2v) is 5.39. The van der Waals surface area contributed by atoms with Crippen molar-refractivity contribution in [2.75, 3.05) is 0 Å². The van der Waals surface area contributed by atoms with Gasteiger partial charge in [0.25, 0.3) is 0 Å². The average molecular weight is 394 g/mol. The maximum Gasteiger partial charge on any atom is 0.137 e. The zero-order chi connectivity index (χ0) is 13.1. The minimum Gasteiger partial charge on any atom is -0.457 e. The summed E-state index contributed by atoms with van der Waals surface area (Å²) >= 11 is 12.5. The van der Waals surface area contributed by atoms with Gasteiger partial charge in [0.2, 0.25) is 0 Å². The zero-order valence-corrected chi connectivity index (χ0v) is 13.0. The largest absolute Gasteiger partial charge is 0.457 e. The van der Waals surface area contributed by atoms with Gasteiger partial charge >= 0.3 is 0 Å². The van der Waals surface area contributed by atoms with E-state index in [9.17, 15) is 4.39 Å². The van der Waals surface area contributed by atoms with E-state index in [-0.39, 0.29) is 5.82 Å². The van der Waals surface area contributed by atoms with Gasteiger partial charge in [-0.1, -0.05) is 33.6 Å². The maximum atomic E-state index is 13.1. The normalized spacial score (nSPS) is 10.4. The first-order valence-electron chi connectivity index (χ1n) is 5.07. The highest BCUT2D eigenvalue weighted by molar-refractivity contribution is 9.10. The van der Waals surface area contributed by atoms with Gasteiger partial charge in [-0.15, -0.1) is 0 Å². The van der Waals surface area contributed by atoms with Crippen LogP contribution in [0.5, 0.6) is 11.5 Å². The van der Waals surface area contributed by atoms with Gasteiger partial charge in [-0.2, -0.15) is 0 Å². The van der Waals surface area contributed by atoms with E-state index in [1.54, 1.807) is 18.2 Å². The molecule has 2 rings (SSSR count). The van der Waals surface area contributed by atoms with Gasteiger partial charge in [-0.25, -0.2) is 4.39 Å². The van der Waals surface area contributed by atoms with Crippen LogP contribution in [-0.2, 0) is 5.33 Å². The third-order valence-corrected chi connectivity index (χ3v) is 3.86. The smallest absolute Gasteiger partial charge is 0.137 e. The zero-order valence-electron chi connectivity index (χ0n) is 9.09. The van der Waals surface area contributed by atoms with Crippen molar-refractivity contribution in [2.24, 2.45) is 0 Å². The van der Waals surface area contributed by atoms with Gasteiger partial charge in [0.15, 0.2) is 0 Å². The number of benzene rings is 2. The standard InChI is InChI=1S/C13H8Br2ClFO/c14-7-8-1-2-10(6-12(8)16)18-9-3-4-13(17)11(15)5-9/h1-6H,7H2. The first-order valence-corrected chi connectivity index (χ1v) is 7.36. The Bertz CT molecular complexity index is 575. The van der Waals surface area contributed by atoms with Gasteiger partial charge in [-0.05, 0) is 51.8 Å². The molecule has 0 spiro atoms. The Balaban J connectivity index is 2.23. The molecule has 0 unspecified atom stereocenters. The molecule has 0 radical (unpaired) electrons. The molecule has 0 aliphatic rings. The first-order chi connectivity index (χ1) is 8.60. The van der Waals surface area contributed by atoms with Crippen molar-refractivity contribution in [3.8, 4) is 11.5 Å². The third kappa shape index (κ3) is 3.25. The molecule has 0 amide bonds. The van der Waals surface area contributed by atoms with Crippen LogP contribution >= 0.6 is 43.5 Å². The quantitative estimate of drug-likeness (QED) is 0.587. The fraction of sp³-hybridized carbons (Fsp3) is 0.0769. The number of rotatable bonds is 3. The molecule has 0 bridgehead atoms. The van der Waals surface area contributed by atoms with Crippen molar-refractivity contribution in [3.05, 3.63) is 57.3 Å². The van der Waals surface area contributed by atoms with Crippen LogP contribution in [0.3, 0.4) is 0 Å². The molecule has 1 nitrogen and oxygen atoms in total. The summed E-state index contributed by atoms with van der Waals surface area (Å²) in [5.74, 6) is 0.837. The van der Waals surface area contributed by atoms with Crippen molar-refractivity contribution < 1.29 is 9.13 Å². The SMILES string of the molecule is Fc1ccc(Oc2ccc(CBr)c(Cl)c2)cc1Br. The molecule has 0 heterocycles. The highest BCUT2D eigenvalue weighted by Crippen LogP contribution is 2.29. The molecule has 0 aliphatic carbocycles. The Kier molecular flexibility index (Phi) is 4.65. The van der Waals surface area contributed by atoms with Crippen LogP contribution in [0.25, 0.3) is 0 Å². The van der Waals surface area contributed by atoms with Crippen molar-refractivity contribution in [1.82, 2.24) is 0 Å². The lowest BCUT2D eigenvalue weighted by Gasteiger charge is -2.08. The summed E-state index contributed by atoms with van der Waals surface area (Å²) in [4.78, 5) is 0. The molecule has 94 valence electrons. The minimum atomic E-state index is -0.324. The molecule has 0 aliphatic heterocycles. The van der Waals surface area contributed by atoms with E-state index in [0.29, 0.717) is 26.3 Å². The first kappa shape index (κ1) is 13.8. The Hall–Kier alpha value is -0.580. The van der Waals surface area contributed by atoms with Gasteiger partial charge < -0.3 is 4.74 Å². The fourth-order valence-corrected chi connectivity index (χ4v) is 2.62. The van der Waals surface area contributed by atoms with Crippen LogP contribution in [-0.4, -0.2) is 0 Å². The lowest BCUT2D eigenvalue weighted by Crippen LogP contribution is -1.87. The predicted octanol–water partition coefficient (Wildman–Crippen LogP) is 5.93. The van der Waals surface area contributed by atoms with E-state index in [1.807, 2.05) is 12.1 Å². The van der Waals surface area contributed by atoms with Gasteiger partial charge in [0, 0.05) is 10.4 Å². The lowest BCUT2D eigenvalue weighted by atomic mass is 10.2. The number of hydrogen-bond acceptors (Lipinski definition) is 1. The summed E-state index contributed by atoms with van der Waals surface area (Å²) in [5, 5.41) is 1.32. The van der Waals surface area contributed by atoms with Crippen molar-refractivity contribution in [3.63, 3.8) is 0 Å². The second-order valence-electron chi connectivity index (χ2n) is 3.56. The van der Waals surface area contributed by atoms with Crippen LogP contribution in [0.1, 0.15) is 5.56 Å². The van der Waals surface area contributed by atoms with Crippen LogP contribution in [0.4, 0.5) is 4.39 Å². The monoisotopic (exact) mass is 392 g/mol. The van der Waals surface area contributed by atoms with Gasteiger partial charge in [-0.3, -0.25) is 0 Å². The highest BCUT2D eigenvalue weighted by atomic mass is 79.9.